The quantitative estimate of drug-likeness (QED) is 0.883. The van der Waals surface area contributed by atoms with Crippen molar-refractivity contribution in [2.24, 2.45) is 5.92 Å². The Hall–Kier alpha value is -1.73. The summed E-state index contributed by atoms with van der Waals surface area (Å²) in [6.07, 6.45) is -1.54. The molecule has 0 spiro atoms. The van der Waals surface area contributed by atoms with Crippen LogP contribution in [-0.4, -0.2) is 34.9 Å². The van der Waals surface area contributed by atoms with Gasteiger partial charge >= 0.3 is 12.2 Å². The molecule has 0 radical (unpaired) electrons. The van der Waals surface area contributed by atoms with Gasteiger partial charge in [0.25, 0.3) is 0 Å². The Morgan fingerprint density at radius 2 is 2.00 bits per heavy atom. The van der Waals surface area contributed by atoms with Crippen molar-refractivity contribution in [3.8, 4) is 0 Å². The standard InChI is InChI=1S/C16H22F3N3O2/c1-10-9-14(24-21-10)13-3-2-8-22(13)15(23)20-12-6-4-11(5-7-12)16(17,18)19/h9,11-13H,2-8H2,1H3,(H,20,23). The molecule has 2 heterocycles. The summed E-state index contributed by atoms with van der Waals surface area (Å²) in [6.45, 7) is 2.44. The summed E-state index contributed by atoms with van der Waals surface area (Å²) in [6, 6.07) is 1.28. The minimum Gasteiger partial charge on any atom is -0.359 e. The van der Waals surface area contributed by atoms with E-state index >= 15 is 0 Å². The number of carbonyl (C=O) groups excluding carboxylic acids is 1. The van der Waals surface area contributed by atoms with Crippen molar-refractivity contribution in [2.75, 3.05) is 6.54 Å². The average Bonchev–Trinajstić information content (AvgIpc) is 3.15. The van der Waals surface area contributed by atoms with Crippen LogP contribution in [-0.2, 0) is 0 Å². The molecule has 1 aromatic rings. The third kappa shape index (κ3) is 3.67. The molecule has 3 rings (SSSR count). The highest BCUT2D eigenvalue weighted by atomic mass is 19.4. The van der Waals surface area contributed by atoms with Gasteiger partial charge in [-0.1, -0.05) is 5.16 Å². The largest absolute Gasteiger partial charge is 0.391 e. The van der Waals surface area contributed by atoms with Crippen LogP contribution in [0.4, 0.5) is 18.0 Å². The van der Waals surface area contributed by atoms with E-state index < -0.39 is 12.1 Å². The summed E-state index contributed by atoms with van der Waals surface area (Å²) in [5.74, 6) is -0.566. The molecule has 1 atom stereocenters. The fraction of sp³-hybridized carbons (Fsp3) is 0.750. The predicted molar refractivity (Wildman–Crippen MR) is 80.3 cm³/mol. The van der Waals surface area contributed by atoms with Crippen molar-refractivity contribution < 1.29 is 22.5 Å². The third-order valence-corrected chi connectivity index (χ3v) is 5.01. The summed E-state index contributed by atoms with van der Waals surface area (Å²) >= 11 is 0. The molecule has 1 aromatic heterocycles. The highest BCUT2D eigenvalue weighted by Crippen LogP contribution is 2.38. The van der Waals surface area contributed by atoms with Gasteiger partial charge in [0, 0.05) is 18.7 Å². The summed E-state index contributed by atoms with van der Waals surface area (Å²) in [4.78, 5) is 14.2. The van der Waals surface area contributed by atoms with Gasteiger partial charge < -0.3 is 14.7 Å². The van der Waals surface area contributed by atoms with Crippen molar-refractivity contribution >= 4 is 6.03 Å². The highest BCUT2D eigenvalue weighted by molar-refractivity contribution is 5.75. The Balaban J connectivity index is 1.55. The lowest BCUT2D eigenvalue weighted by atomic mass is 9.85. The Bertz CT molecular complexity index is 579. The molecule has 1 aliphatic heterocycles. The van der Waals surface area contributed by atoms with Gasteiger partial charge in [-0.15, -0.1) is 0 Å². The van der Waals surface area contributed by atoms with Crippen LogP contribution in [0.5, 0.6) is 0 Å². The molecule has 1 N–H and O–H groups in total. The monoisotopic (exact) mass is 345 g/mol. The van der Waals surface area contributed by atoms with E-state index in [-0.39, 0.29) is 31.0 Å². The summed E-state index contributed by atoms with van der Waals surface area (Å²) in [7, 11) is 0. The first-order valence-corrected chi connectivity index (χ1v) is 8.41. The number of urea groups is 1. The zero-order valence-corrected chi connectivity index (χ0v) is 13.6. The van der Waals surface area contributed by atoms with E-state index in [1.807, 2.05) is 13.0 Å². The van der Waals surface area contributed by atoms with Gasteiger partial charge in [0.15, 0.2) is 5.76 Å². The fourth-order valence-corrected chi connectivity index (χ4v) is 3.67. The maximum Gasteiger partial charge on any atom is 0.391 e. The van der Waals surface area contributed by atoms with Gasteiger partial charge in [0.2, 0.25) is 0 Å². The van der Waals surface area contributed by atoms with E-state index in [9.17, 15) is 18.0 Å². The molecular weight excluding hydrogens is 323 g/mol. The number of hydrogen-bond acceptors (Lipinski definition) is 3. The molecule has 2 amide bonds. The molecule has 0 aromatic carbocycles. The molecule has 0 bridgehead atoms. The zero-order valence-electron chi connectivity index (χ0n) is 13.6. The summed E-state index contributed by atoms with van der Waals surface area (Å²) < 4.78 is 43.4. The molecule has 1 unspecified atom stereocenters. The van der Waals surface area contributed by atoms with Crippen molar-refractivity contribution in [1.29, 1.82) is 0 Å². The Morgan fingerprint density at radius 3 is 2.58 bits per heavy atom. The van der Waals surface area contributed by atoms with Crippen LogP contribution in [0.1, 0.15) is 56.0 Å². The minimum absolute atomic E-state index is 0.0825. The number of alkyl halides is 3. The Labute approximate surface area is 138 Å². The van der Waals surface area contributed by atoms with E-state index in [1.54, 1.807) is 4.90 Å². The number of rotatable bonds is 2. The second-order valence-corrected chi connectivity index (χ2v) is 6.76. The lowest BCUT2D eigenvalue weighted by Crippen LogP contribution is -2.46. The second-order valence-electron chi connectivity index (χ2n) is 6.76. The molecule has 1 saturated carbocycles. The molecule has 1 aliphatic carbocycles. The normalized spacial score (nSPS) is 28.2. The first-order valence-electron chi connectivity index (χ1n) is 8.41. The minimum atomic E-state index is -4.13. The highest BCUT2D eigenvalue weighted by Gasteiger charge is 2.42. The number of nitrogens with zero attached hydrogens (tertiary/aromatic N) is 2. The molecule has 134 valence electrons. The molecule has 5 nitrogen and oxygen atoms in total. The summed E-state index contributed by atoms with van der Waals surface area (Å²) in [5.41, 5.74) is 0.766. The van der Waals surface area contributed by atoms with Crippen molar-refractivity contribution in [2.45, 2.75) is 63.7 Å². The van der Waals surface area contributed by atoms with Crippen LogP contribution in [0.15, 0.2) is 10.6 Å². The number of nitrogens with one attached hydrogen (secondary N) is 1. The zero-order chi connectivity index (χ0) is 17.3. The smallest absolute Gasteiger partial charge is 0.359 e. The first kappa shape index (κ1) is 17.1. The van der Waals surface area contributed by atoms with Gasteiger partial charge in [-0.05, 0) is 45.4 Å². The molecule has 2 aliphatic rings. The van der Waals surface area contributed by atoms with E-state index in [0.717, 1.165) is 18.5 Å². The molecule has 2 fully saturated rings. The molecule has 8 heteroatoms. The second kappa shape index (κ2) is 6.64. The average molecular weight is 345 g/mol. The predicted octanol–water partition coefficient (Wildman–Crippen LogP) is 3.95. The topological polar surface area (TPSA) is 58.4 Å². The number of amides is 2. The van der Waals surface area contributed by atoms with Crippen LogP contribution < -0.4 is 5.32 Å². The number of likely N-dealkylation sites (tertiary alicyclic amines) is 1. The number of aromatic nitrogens is 1. The van der Waals surface area contributed by atoms with E-state index in [2.05, 4.69) is 10.5 Å². The van der Waals surface area contributed by atoms with Crippen LogP contribution in [0, 0.1) is 12.8 Å². The SMILES string of the molecule is Cc1cc(C2CCCN2C(=O)NC2CCC(C(F)(F)F)CC2)on1. The van der Waals surface area contributed by atoms with Crippen LogP contribution in [0.3, 0.4) is 0 Å². The van der Waals surface area contributed by atoms with Crippen LogP contribution in [0.25, 0.3) is 0 Å². The van der Waals surface area contributed by atoms with Gasteiger partial charge in [-0.25, -0.2) is 4.79 Å². The van der Waals surface area contributed by atoms with Gasteiger partial charge in [-0.2, -0.15) is 13.2 Å². The molecule has 1 saturated heterocycles. The van der Waals surface area contributed by atoms with Crippen LogP contribution in [0.2, 0.25) is 0 Å². The van der Waals surface area contributed by atoms with E-state index in [1.165, 1.54) is 0 Å². The third-order valence-electron chi connectivity index (χ3n) is 5.01. The molecule has 24 heavy (non-hydrogen) atoms. The Morgan fingerprint density at radius 1 is 1.29 bits per heavy atom. The fourth-order valence-electron chi connectivity index (χ4n) is 3.67. The number of carbonyl (C=O) groups is 1. The maximum atomic E-state index is 12.7. The lowest BCUT2D eigenvalue weighted by molar-refractivity contribution is -0.182. The van der Waals surface area contributed by atoms with Crippen LogP contribution >= 0.6 is 0 Å². The maximum absolute atomic E-state index is 12.7. The van der Waals surface area contributed by atoms with Crippen molar-refractivity contribution in [3.05, 3.63) is 17.5 Å². The van der Waals surface area contributed by atoms with E-state index in [0.29, 0.717) is 25.1 Å². The number of halogens is 3. The molecular formula is C16H22F3N3O2. The Kier molecular flexibility index (Phi) is 4.73. The van der Waals surface area contributed by atoms with Gasteiger partial charge in [0.05, 0.1) is 17.7 Å². The van der Waals surface area contributed by atoms with Crippen molar-refractivity contribution in [3.63, 3.8) is 0 Å². The van der Waals surface area contributed by atoms with Gasteiger partial charge in [-0.3, -0.25) is 0 Å². The first-order chi connectivity index (χ1) is 11.3. The summed E-state index contributed by atoms with van der Waals surface area (Å²) in [5, 5.41) is 6.76. The van der Waals surface area contributed by atoms with Gasteiger partial charge in [0.1, 0.15) is 0 Å². The van der Waals surface area contributed by atoms with E-state index in [4.69, 9.17) is 4.52 Å². The van der Waals surface area contributed by atoms with Crippen molar-refractivity contribution in [1.82, 2.24) is 15.4 Å². The lowest BCUT2D eigenvalue weighted by Gasteiger charge is -2.32. The number of aryl methyl sites for hydroxylation is 1. The number of hydrogen-bond donors (Lipinski definition) is 1.